The van der Waals surface area contributed by atoms with Gasteiger partial charge in [0.2, 0.25) is 5.91 Å². The second-order valence-corrected chi connectivity index (χ2v) is 6.54. The van der Waals surface area contributed by atoms with Gasteiger partial charge in [0.1, 0.15) is 5.76 Å². The van der Waals surface area contributed by atoms with E-state index in [1.54, 1.807) is 0 Å². The van der Waals surface area contributed by atoms with Crippen molar-refractivity contribution in [2.24, 2.45) is 5.92 Å². The summed E-state index contributed by atoms with van der Waals surface area (Å²) in [6, 6.07) is 2.34. The van der Waals surface area contributed by atoms with Gasteiger partial charge >= 0.3 is 0 Å². The van der Waals surface area contributed by atoms with Gasteiger partial charge < -0.3 is 9.42 Å². The highest BCUT2D eigenvalue weighted by atomic mass is 16.5. The number of nitrogens with zero attached hydrogens (tertiary/aromatic N) is 3. The fourth-order valence-corrected chi connectivity index (χ4v) is 3.34. The molecule has 0 spiro atoms. The van der Waals surface area contributed by atoms with Gasteiger partial charge in [-0.05, 0) is 39.2 Å². The van der Waals surface area contributed by atoms with Crippen molar-refractivity contribution in [1.82, 2.24) is 15.0 Å². The first-order chi connectivity index (χ1) is 10.1. The second kappa shape index (κ2) is 6.18. The molecule has 1 amide bonds. The van der Waals surface area contributed by atoms with Crippen molar-refractivity contribution in [1.29, 1.82) is 0 Å². The Hall–Kier alpha value is -1.36. The minimum Gasteiger partial charge on any atom is -0.361 e. The van der Waals surface area contributed by atoms with E-state index in [-0.39, 0.29) is 0 Å². The van der Waals surface area contributed by atoms with Crippen LogP contribution in [0, 0.1) is 12.8 Å². The molecule has 0 radical (unpaired) electrons. The maximum atomic E-state index is 12.4. The lowest BCUT2D eigenvalue weighted by Crippen LogP contribution is -2.50. The summed E-state index contributed by atoms with van der Waals surface area (Å²) >= 11 is 0. The summed E-state index contributed by atoms with van der Waals surface area (Å²) in [4.78, 5) is 16.8. The number of aryl methyl sites for hydroxylation is 1. The molecule has 0 N–H and O–H groups in total. The molecule has 2 aliphatic rings. The van der Waals surface area contributed by atoms with E-state index in [2.05, 4.69) is 10.1 Å². The van der Waals surface area contributed by atoms with Crippen LogP contribution in [0.15, 0.2) is 10.6 Å². The Morgan fingerprint density at radius 1 is 1.43 bits per heavy atom. The highest BCUT2D eigenvalue weighted by molar-refractivity contribution is 5.79. The van der Waals surface area contributed by atoms with Gasteiger partial charge in [-0.3, -0.25) is 9.69 Å². The van der Waals surface area contributed by atoms with Gasteiger partial charge in [-0.1, -0.05) is 11.6 Å². The minimum absolute atomic E-state index is 0.295. The molecule has 1 atom stereocenters. The molecule has 1 aromatic rings. The first-order valence-corrected chi connectivity index (χ1v) is 8.04. The van der Waals surface area contributed by atoms with E-state index in [0.29, 0.717) is 17.9 Å². The number of aromatic nitrogens is 1. The molecular formula is C16H25N3O2. The lowest BCUT2D eigenvalue weighted by Gasteiger charge is -2.39. The zero-order valence-electron chi connectivity index (χ0n) is 13.0. The number of hydrogen-bond donors (Lipinski definition) is 0. The second-order valence-electron chi connectivity index (χ2n) is 6.54. The first kappa shape index (κ1) is 14.6. The van der Waals surface area contributed by atoms with Crippen LogP contribution in [0.1, 0.15) is 43.6 Å². The number of carbonyl (C=O) groups is 1. The summed E-state index contributed by atoms with van der Waals surface area (Å²) in [5, 5.41) is 4.07. The molecule has 1 aromatic heterocycles. The predicted octanol–water partition coefficient (Wildman–Crippen LogP) is 2.21. The fraction of sp³-hybridized carbons (Fsp3) is 0.750. The van der Waals surface area contributed by atoms with Gasteiger partial charge in [-0.15, -0.1) is 0 Å². The normalized spacial score (nSPS) is 23.8. The van der Waals surface area contributed by atoms with E-state index in [0.717, 1.165) is 56.8 Å². The Balaban J connectivity index is 1.56. The average molecular weight is 291 g/mol. The van der Waals surface area contributed by atoms with Crippen LogP contribution >= 0.6 is 0 Å². The molecule has 2 fully saturated rings. The number of likely N-dealkylation sites (N-methyl/N-ethyl adjacent to an activating group) is 1. The maximum absolute atomic E-state index is 12.4. The minimum atomic E-state index is 0.295. The average Bonchev–Trinajstić information content (AvgIpc) is 2.81. The van der Waals surface area contributed by atoms with Crippen molar-refractivity contribution in [3.63, 3.8) is 0 Å². The quantitative estimate of drug-likeness (QED) is 0.853. The van der Waals surface area contributed by atoms with Crippen molar-refractivity contribution >= 4 is 5.91 Å². The molecular weight excluding hydrogens is 266 g/mol. The Morgan fingerprint density at radius 3 is 2.86 bits per heavy atom. The Kier molecular flexibility index (Phi) is 4.29. The van der Waals surface area contributed by atoms with Crippen LogP contribution in [0.3, 0.4) is 0 Å². The van der Waals surface area contributed by atoms with Crippen LogP contribution in [0.5, 0.6) is 0 Å². The summed E-state index contributed by atoms with van der Waals surface area (Å²) in [5.74, 6) is 1.50. The molecule has 21 heavy (non-hydrogen) atoms. The largest absolute Gasteiger partial charge is 0.361 e. The third-order valence-electron chi connectivity index (χ3n) is 4.89. The van der Waals surface area contributed by atoms with Crippen LogP contribution in [-0.4, -0.2) is 47.0 Å². The number of piperidine rings is 1. The summed E-state index contributed by atoms with van der Waals surface area (Å²) < 4.78 is 5.13. The third-order valence-corrected chi connectivity index (χ3v) is 4.89. The molecule has 2 heterocycles. The van der Waals surface area contributed by atoms with Gasteiger partial charge in [0, 0.05) is 38.2 Å². The Bertz CT molecular complexity index is 495. The molecule has 0 aromatic carbocycles. The summed E-state index contributed by atoms with van der Waals surface area (Å²) in [7, 11) is 1.98. The van der Waals surface area contributed by atoms with Gasteiger partial charge in [-0.2, -0.15) is 0 Å². The number of rotatable bonds is 4. The zero-order valence-corrected chi connectivity index (χ0v) is 13.0. The molecule has 1 aliphatic heterocycles. The monoisotopic (exact) mass is 291 g/mol. The van der Waals surface area contributed by atoms with E-state index >= 15 is 0 Å². The van der Waals surface area contributed by atoms with Crippen LogP contribution < -0.4 is 0 Å². The van der Waals surface area contributed by atoms with Gasteiger partial charge in [-0.25, -0.2) is 0 Å². The van der Waals surface area contributed by atoms with Crippen LogP contribution in [-0.2, 0) is 11.3 Å². The van der Waals surface area contributed by atoms with Crippen molar-refractivity contribution in [3.05, 3.63) is 17.5 Å². The molecule has 5 nitrogen and oxygen atoms in total. The van der Waals surface area contributed by atoms with Gasteiger partial charge in [0.05, 0.1) is 5.69 Å². The molecule has 0 bridgehead atoms. The molecule has 3 rings (SSSR count). The standard InChI is InChI=1S/C16H25N3O2/c1-12-9-14(17-21-12)10-19-8-4-7-15(11-19)18(2)16(20)13-5-3-6-13/h9,13,15H,3-8,10-11H2,1-2H3. The van der Waals surface area contributed by atoms with Crippen molar-refractivity contribution < 1.29 is 9.32 Å². The smallest absolute Gasteiger partial charge is 0.225 e. The van der Waals surface area contributed by atoms with Crippen LogP contribution in [0.4, 0.5) is 0 Å². The molecule has 116 valence electrons. The molecule has 5 heteroatoms. The third kappa shape index (κ3) is 3.28. The van der Waals surface area contributed by atoms with E-state index in [4.69, 9.17) is 4.52 Å². The van der Waals surface area contributed by atoms with Gasteiger partial charge in [0.15, 0.2) is 0 Å². The van der Waals surface area contributed by atoms with Gasteiger partial charge in [0.25, 0.3) is 0 Å². The Labute approximate surface area is 126 Å². The lowest BCUT2D eigenvalue weighted by molar-refractivity contribution is -0.140. The van der Waals surface area contributed by atoms with E-state index < -0.39 is 0 Å². The number of likely N-dealkylation sites (tertiary alicyclic amines) is 1. The SMILES string of the molecule is Cc1cc(CN2CCCC(N(C)C(=O)C3CCC3)C2)no1. The highest BCUT2D eigenvalue weighted by Crippen LogP contribution is 2.29. The fourth-order valence-electron chi connectivity index (χ4n) is 3.34. The highest BCUT2D eigenvalue weighted by Gasteiger charge is 2.32. The van der Waals surface area contributed by atoms with E-state index in [1.807, 2.05) is 24.9 Å². The number of amides is 1. The van der Waals surface area contributed by atoms with Crippen molar-refractivity contribution in [2.75, 3.05) is 20.1 Å². The van der Waals surface area contributed by atoms with E-state index in [9.17, 15) is 4.79 Å². The Morgan fingerprint density at radius 2 is 2.24 bits per heavy atom. The lowest BCUT2D eigenvalue weighted by atomic mass is 9.84. The topological polar surface area (TPSA) is 49.6 Å². The van der Waals surface area contributed by atoms with E-state index in [1.165, 1.54) is 6.42 Å². The first-order valence-electron chi connectivity index (χ1n) is 8.04. The molecule has 1 aliphatic carbocycles. The van der Waals surface area contributed by atoms with Crippen LogP contribution in [0.2, 0.25) is 0 Å². The maximum Gasteiger partial charge on any atom is 0.225 e. The summed E-state index contributed by atoms with van der Waals surface area (Å²) in [6.07, 6.45) is 5.63. The summed E-state index contributed by atoms with van der Waals surface area (Å²) in [5.41, 5.74) is 0.987. The van der Waals surface area contributed by atoms with Crippen LogP contribution in [0.25, 0.3) is 0 Å². The predicted molar refractivity (Wildman–Crippen MR) is 79.7 cm³/mol. The molecule has 1 saturated carbocycles. The van der Waals surface area contributed by atoms with Crippen molar-refractivity contribution in [3.8, 4) is 0 Å². The zero-order chi connectivity index (χ0) is 14.8. The number of hydrogen-bond acceptors (Lipinski definition) is 4. The summed E-state index contributed by atoms with van der Waals surface area (Å²) in [6.45, 7) is 4.76. The van der Waals surface area contributed by atoms with Crippen molar-refractivity contribution in [2.45, 2.75) is 51.6 Å². The molecule has 1 saturated heterocycles. The number of carbonyl (C=O) groups excluding carboxylic acids is 1. The molecule has 1 unspecified atom stereocenters.